The summed E-state index contributed by atoms with van der Waals surface area (Å²) < 4.78 is 5.68. The second kappa shape index (κ2) is 14.3. The molecule has 1 aromatic carbocycles. The third-order valence-electron chi connectivity index (χ3n) is 8.90. The number of carboxylic acid groups (broad SMARTS) is 1. The third kappa shape index (κ3) is 7.42. The number of rotatable bonds is 14. The summed E-state index contributed by atoms with van der Waals surface area (Å²) in [6.07, 6.45) is 4.21. The average Bonchev–Trinajstić information content (AvgIpc) is 3.57. The molecular weight excluding hydrogens is 538 g/mol. The Bertz CT molecular complexity index is 1140. The van der Waals surface area contributed by atoms with Crippen molar-refractivity contribution in [1.82, 2.24) is 24.5 Å². The molecule has 0 bridgehead atoms. The zero-order chi connectivity index (χ0) is 30.4. The number of carbonyl (C=O) groups excluding carboxylic acids is 3. The number of likely N-dealkylation sites (tertiary alicyclic amines) is 1. The summed E-state index contributed by atoms with van der Waals surface area (Å²) in [5.41, 5.74) is 2.03. The molecule has 3 aliphatic rings. The number of urea groups is 1. The third-order valence-corrected chi connectivity index (χ3v) is 8.90. The maximum Gasteiger partial charge on any atom is 0.326 e. The number of hydrogen-bond donors (Lipinski definition) is 1. The lowest BCUT2D eigenvalue weighted by atomic mass is 9.83. The minimum Gasteiger partial charge on any atom is -0.493 e. The summed E-state index contributed by atoms with van der Waals surface area (Å²) in [5.74, 6) is -1.30. The summed E-state index contributed by atoms with van der Waals surface area (Å²) in [5, 5.41) is 10.5. The van der Waals surface area contributed by atoms with Crippen LogP contribution in [0.5, 0.6) is 5.75 Å². The quantitative estimate of drug-likeness (QED) is 0.354. The van der Waals surface area contributed by atoms with Crippen molar-refractivity contribution in [3.63, 3.8) is 0 Å². The molecule has 42 heavy (non-hydrogen) atoms. The first kappa shape index (κ1) is 31.7. The Balaban J connectivity index is 1.57. The van der Waals surface area contributed by atoms with E-state index in [-0.39, 0.29) is 36.7 Å². The van der Waals surface area contributed by atoms with E-state index in [1.165, 1.54) is 7.05 Å². The van der Waals surface area contributed by atoms with Crippen molar-refractivity contribution in [2.45, 2.75) is 57.4 Å². The van der Waals surface area contributed by atoms with E-state index in [4.69, 9.17) is 4.74 Å². The molecule has 0 radical (unpaired) electrons. The van der Waals surface area contributed by atoms with Gasteiger partial charge in [-0.3, -0.25) is 24.2 Å². The highest BCUT2D eigenvalue weighted by atomic mass is 16.5. The van der Waals surface area contributed by atoms with Gasteiger partial charge in [-0.25, -0.2) is 4.79 Å². The molecule has 232 valence electrons. The van der Waals surface area contributed by atoms with Crippen LogP contribution in [0.3, 0.4) is 0 Å². The number of imide groups is 1. The number of aliphatic carboxylic acids is 1. The second-order valence-electron chi connectivity index (χ2n) is 12.1. The van der Waals surface area contributed by atoms with E-state index in [9.17, 15) is 24.3 Å². The van der Waals surface area contributed by atoms with Gasteiger partial charge in [0.25, 0.3) is 0 Å². The van der Waals surface area contributed by atoms with E-state index in [2.05, 4.69) is 17.9 Å². The van der Waals surface area contributed by atoms with E-state index in [0.717, 1.165) is 54.0 Å². The van der Waals surface area contributed by atoms with Crippen molar-refractivity contribution in [3.8, 4) is 5.75 Å². The fraction of sp³-hybridized carbons (Fsp3) is 0.677. The topological polar surface area (TPSA) is 114 Å². The highest BCUT2D eigenvalue weighted by Crippen LogP contribution is 2.41. The monoisotopic (exact) mass is 585 g/mol. The van der Waals surface area contributed by atoms with Crippen LogP contribution in [-0.2, 0) is 20.8 Å². The molecule has 11 nitrogen and oxygen atoms in total. The molecule has 0 saturated carbocycles. The van der Waals surface area contributed by atoms with Gasteiger partial charge in [-0.1, -0.05) is 25.5 Å². The molecule has 0 aliphatic carbocycles. The molecule has 0 aromatic heterocycles. The number of carbonyl (C=O) groups is 4. The van der Waals surface area contributed by atoms with E-state index < -0.39 is 17.9 Å². The molecule has 11 heteroatoms. The van der Waals surface area contributed by atoms with Gasteiger partial charge in [0.2, 0.25) is 11.8 Å². The van der Waals surface area contributed by atoms with Gasteiger partial charge in [0, 0.05) is 64.6 Å². The van der Waals surface area contributed by atoms with Crippen molar-refractivity contribution in [2.24, 2.45) is 5.92 Å². The molecule has 2 saturated heterocycles. The zero-order valence-electron chi connectivity index (χ0n) is 25.6. The fourth-order valence-electron chi connectivity index (χ4n) is 6.50. The van der Waals surface area contributed by atoms with Crippen molar-refractivity contribution in [1.29, 1.82) is 0 Å². The lowest BCUT2D eigenvalue weighted by molar-refractivity contribution is -0.144. The minimum atomic E-state index is -0.900. The molecule has 3 heterocycles. The van der Waals surface area contributed by atoms with Gasteiger partial charge in [0.05, 0.1) is 19.1 Å². The van der Waals surface area contributed by atoms with Crippen LogP contribution in [0.1, 0.15) is 56.1 Å². The second-order valence-corrected chi connectivity index (χ2v) is 12.1. The molecule has 4 rings (SSSR count). The Hall–Kier alpha value is -3.18. The first-order chi connectivity index (χ1) is 20.1. The first-order valence-electron chi connectivity index (χ1n) is 15.3. The maximum absolute atomic E-state index is 13.7. The Morgan fingerprint density at radius 3 is 2.57 bits per heavy atom. The van der Waals surface area contributed by atoms with Crippen molar-refractivity contribution in [2.75, 3.05) is 73.6 Å². The molecule has 1 aromatic rings. The number of nitrogens with zero attached hydrogens (tertiary/aromatic N) is 5. The standard InChI is InChI=1S/C31H47N5O6/c1-5-6-14-34(15-7-13-32(2)3)28(38)21-36-20-24(22-8-9-26-23(19-22)12-18-42-26)29(30(39)40)25(36)10-16-35-17-11-27(37)33(4)31(35)41/h8-9,19,24-25,29H,5-7,10-18,20-21H2,1-4H3,(H,39,40)/t24-,25+,29-/m1/s1. The van der Waals surface area contributed by atoms with Crippen LogP contribution >= 0.6 is 0 Å². The molecule has 3 atom stereocenters. The van der Waals surface area contributed by atoms with Gasteiger partial charge in [0.15, 0.2) is 0 Å². The van der Waals surface area contributed by atoms with Gasteiger partial charge < -0.3 is 24.5 Å². The SMILES string of the molecule is CCCCN(CCCN(C)C)C(=O)CN1C[C@H](c2ccc3c(c2)CCO3)[C@@H](C(=O)O)[C@@H]1CCN1CCC(=O)N(C)C1=O. The number of fused-ring (bicyclic) bond motifs is 1. The molecule has 4 amide bonds. The van der Waals surface area contributed by atoms with E-state index in [0.29, 0.717) is 45.8 Å². The van der Waals surface area contributed by atoms with Gasteiger partial charge in [-0.15, -0.1) is 0 Å². The van der Waals surface area contributed by atoms with Crippen LogP contribution in [0, 0.1) is 5.92 Å². The molecular formula is C31H47N5O6. The minimum absolute atomic E-state index is 0.0127. The Morgan fingerprint density at radius 1 is 1.10 bits per heavy atom. The molecule has 1 N–H and O–H groups in total. The van der Waals surface area contributed by atoms with Gasteiger partial charge in [-0.2, -0.15) is 0 Å². The summed E-state index contributed by atoms with van der Waals surface area (Å²) in [6, 6.07) is 5.15. The van der Waals surface area contributed by atoms with Crippen LogP contribution in [0.2, 0.25) is 0 Å². The lowest BCUT2D eigenvalue weighted by Crippen LogP contribution is -2.52. The van der Waals surface area contributed by atoms with Crippen LogP contribution in [0.15, 0.2) is 18.2 Å². The van der Waals surface area contributed by atoms with Crippen LogP contribution in [-0.4, -0.2) is 133 Å². The van der Waals surface area contributed by atoms with E-state index in [1.807, 2.05) is 36.0 Å². The van der Waals surface area contributed by atoms with Crippen molar-refractivity contribution >= 4 is 23.8 Å². The van der Waals surface area contributed by atoms with Crippen molar-refractivity contribution in [3.05, 3.63) is 29.3 Å². The largest absolute Gasteiger partial charge is 0.493 e. The number of unbranched alkanes of at least 4 members (excludes halogenated alkanes) is 1. The van der Waals surface area contributed by atoms with Gasteiger partial charge >= 0.3 is 12.0 Å². The van der Waals surface area contributed by atoms with E-state index >= 15 is 0 Å². The molecule has 2 fully saturated rings. The number of carboxylic acids is 1. The predicted molar refractivity (Wildman–Crippen MR) is 159 cm³/mol. The van der Waals surface area contributed by atoms with Crippen LogP contribution in [0.25, 0.3) is 0 Å². The average molecular weight is 586 g/mol. The van der Waals surface area contributed by atoms with Crippen LogP contribution in [0.4, 0.5) is 4.79 Å². The molecule has 0 unspecified atom stereocenters. The Morgan fingerprint density at radius 2 is 1.86 bits per heavy atom. The fourth-order valence-corrected chi connectivity index (χ4v) is 6.50. The number of ether oxygens (including phenoxy) is 1. The summed E-state index contributed by atoms with van der Waals surface area (Å²) in [6.45, 7) is 6.17. The van der Waals surface area contributed by atoms with Gasteiger partial charge in [0.1, 0.15) is 5.75 Å². The smallest absolute Gasteiger partial charge is 0.326 e. The zero-order valence-corrected chi connectivity index (χ0v) is 25.6. The Kier molecular flexibility index (Phi) is 10.8. The van der Waals surface area contributed by atoms with Crippen LogP contribution < -0.4 is 4.74 Å². The summed E-state index contributed by atoms with van der Waals surface area (Å²) in [4.78, 5) is 60.2. The highest BCUT2D eigenvalue weighted by Gasteiger charge is 2.47. The highest BCUT2D eigenvalue weighted by molar-refractivity contribution is 5.96. The predicted octanol–water partition coefficient (Wildman–Crippen LogP) is 2.34. The van der Waals surface area contributed by atoms with E-state index in [1.54, 1.807) is 4.90 Å². The molecule has 3 aliphatic heterocycles. The Labute approximate surface area is 249 Å². The number of hydrogen-bond acceptors (Lipinski definition) is 7. The lowest BCUT2D eigenvalue weighted by Gasteiger charge is -2.34. The normalized spacial score (nSPS) is 22.5. The maximum atomic E-state index is 13.7. The van der Waals surface area contributed by atoms with Gasteiger partial charge in [-0.05, 0) is 57.1 Å². The summed E-state index contributed by atoms with van der Waals surface area (Å²) in [7, 11) is 5.52. The van der Waals surface area contributed by atoms with Crippen molar-refractivity contribution < 1.29 is 29.0 Å². The molecule has 0 spiro atoms. The number of amides is 4. The summed E-state index contributed by atoms with van der Waals surface area (Å²) >= 11 is 0. The number of benzene rings is 1. The first-order valence-corrected chi connectivity index (χ1v) is 15.3.